The van der Waals surface area contributed by atoms with Crippen molar-refractivity contribution in [1.82, 2.24) is 0 Å². The van der Waals surface area contributed by atoms with Gasteiger partial charge in [0.25, 0.3) is 0 Å². The summed E-state index contributed by atoms with van der Waals surface area (Å²) in [6.45, 7) is 52.5. The molecule has 0 aliphatic carbocycles. The summed E-state index contributed by atoms with van der Waals surface area (Å²) in [6.07, 6.45) is 0. The Balaban J connectivity index is 0.000000709. The van der Waals surface area contributed by atoms with Gasteiger partial charge in [0, 0.05) is 65.4 Å². The van der Waals surface area contributed by atoms with E-state index in [9.17, 15) is 24.1 Å². The van der Waals surface area contributed by atoms with Crippen molar-refractivity contribution >= 4 is 225 Å². The van der Waals surface area contributed by atoms with Crippen molar-refractivity contribution in [3.8, 4) is 17.2 Å². The van der Waals surface area contributed by atoms with Crippen molar-refractivity contribution in [3.05, 3.63) is 390 Å². The second kappa shape index (κ2) is 65.2. The van der Waals surface area contributed by atoms with Crippen molar-refractivity contribution in [2.24, 2.45) is 0 Å². The number of hydrogen-bond donors (Lipinski definition) is 3. The van der Waals surface area contributed by atoms with E-state index in [2.05, 4.69) is 367 Å². The molecule has 130 heavy (non-hydrogen) atoms. The quantitative estimate of drug-likeness (QED) is 0.114. The van der Waals surface area contributed by atoms with Gasteiger partial charge in [-0.05, 0) is 322 Å². The SMILES string of the molecule is CC(C)c1cc(Br)ccc1Br.CC(C)c1cc(Br)ccc1O.CC(C)c1cc(Cl)ccc1Cl.CC(C)c1cc(Cl)ccc1O.CC(C)c1ccc(Br)cc1.CC(C)c1ccc(Br)cc1Br.CC(C)c1ccc(Cl)cc1Cl.CC(C)c1cccc(Br)c1.CC(C)c1cccc(Br)c1Br.CC(C)c1cccc(Cl)c1Cl.CC(C)c1cccc(F)c1F.Cc1ccc(O)c(C(C)C)c1. The fourth-order valence-corrected chi connectivity index (χ4v) is 18.2. The van der Waals surface area contributed by atoms with Crippen LogP contribution in [0.5, 0.6) is 17.2 Å². The molecule has 12 aromatic carbocycles. The molecule has 3 N–H and O–H groups in total. The van der Waals surface area contributed by atoms with Crippen LogP contribution in [0.15, 0.2) is 271 Å². The Morgan fingerprint density at radius 1 is 0.231 bits per heavy atom. The second-order valence-corrected chi connectivity index (χ2v) is 44.9. The molecule has 0 spiro atoms. The standard InChI is InChI=1S/C10H14O.3C9H10Br2.C9H11BrO.2C9H11Br.3C9H10Cl2.C9H11ClO.C9H10F2/c1-7(2)9-6-8(3)4-5-10(9)11;1-6(2)8-5-7(10)3-4-9(8)11;1-6(2)8-4-3-7(10)5-9(8)11;1-6(2)7-4-3-5-8(10)9(7)11;1-6(2)8-5-7(10)3-4-9(8)11;1-7(2)8-3-5-9(10)6-4-8;1-7(2)8-4-3-5-9(10)6-8;1-6(2)8-5-7(10)3-4-9(8)11;1-6(2)8-4-3-7(10)5-9(8)11;1-6(2)7-4-3-5-8(10)9(7)11;1-6(2)8-5-7(10)3-4-9(8)11;1-6(2)7-4-3-5-8(10)9(7)11/h4-7,11H,1-3H3;3*3-6H,1-2H3;3-6,11H,1-2H3;2*3-7H,1-2H3;3*3-6H,1-2H3;3-6,11H,1-2H3;3-6H,1-2H3. The Morgan fingerprint density at radius 2 is 0.600 bits per heavy atom. The first-order valence-electron chi connectivity index (χ1n) is 42.9. The molecular formula is C109H128Br9Cl7F2O3. The number of halogens is 18. The Morgan fingerprint density at radius 3 is 1.02 bits per heavy atom. The third kappa shape index (κ3) is 48.5. The second-order valence-electron chi connectivity index (χ2n) is 34.0. The summed E-state index contributed by atoms with van der Waals surface area (Å²) < 4.78 is 35.7. The highest BCUT2D eigenvalue weighted by Gasteiger charge is 2.14. The summed E-state index contributed by atoms with van der Waals surface area (Å²) >= 11 is 72.0. The van der Waals surface area contributed by atoms with Crippen LogP contribution in [-0.4, -0.2) is 15.3 Å². The number of phenolic OH excluding ortho intramolecular Hbond substituents is 3. The van der Waals surface area contributed by atoms with E-state index in [-0.39, 0.29) is 5.92 Å². The highest BCUT2D eigenvalue weighted by molar-refractivity contribution is 9.13. The summed E-state index contributed by atoms with van der Waals surface area (Å²) in [4.78, 5) is 0. The molecule has 0 heterocycles. The molecule has 21 heteroatoms. The Bertz CT molecular complexity index is 4800. The van der Waals surface area contributed by atoms with Gasteiger partial charge < -0.3 is 15.3 Å². The van der Waals surface area contributed by atoms with Crippen LogP contribution < -0.4 is 0 Å². The minimum Gasteiger partial charge on any atom is -0.508 e. The molecule has 12 rings (SSSR count). The molecule has 0 saturated carbocycles. The van der Waals surface area contributed by atoms with Gasteiger partial charge in [-0.3, -0.25) is 0 Å². The van der Waals surface area contributed by atoms with E-state index in [0.717, 1.165) is 76.9 Å². The molecule has 12 aromatic rings. The average Bonchev–Trinajstić information content (AvgIpc) is 0.821. The van der Waals surface area contributed by atoms with Crippen LogP contribution >= 0.6 is 225 Å². The number of benzene rings is 12. The summed E-state index contributed by atoms with van der Waals surface area (Å²) in [6, 6.07) is 73.1. The molecule has 708 valence electrons. The maximum absolute atomic E-state index is 12.9. The minimum atomic E-state index is -0.767. The number of rotatable bonds is 12. The van der Waals surface area contributed by atoms with Gasteiger partial charge in [0.05, 0.1) is 10.0 Å². The predicted molar refractivity (Wildman–Crippen MR) is 600 cm³/mol. The fourth-order valence-electron chi connectivity index (χ4n) is 11.6. The van der Waals surface area contributed by atoms with Gasteiger partial charge in [0.15, 0.2) is 11.6 Å². The van der Waals surface area contributed by atoms with E-state index in [4.69, 9.17) is 81.2 Å². The van der Waals surface area contributed by atoms with E-state index in [1.54, 1.807) is 54.6 Å². The first kappa shape index (κ1) is 124. The van der Waals surface area contributed by atoms with E-state index < -0.39 is 11.6 Å². The molecule has 0 fully saturated rings. The third-order valence-electron chi connectivity index (χ3n) is 19.2. The smallest absolute Gasteiger partial charge is 0.162 e. The van der Waals surface area contributed by atoms with Gasteiger partial charge in [0.1, 0.15) is 17.2 Å². The van der Waals surface area contributed by atoms with Gasteiger partial charge in [-0.15, -0.1) is 0 Å². The number of phenols is 3. The summed E-state index contributed by atoms with van der Waals surface area (Å²) in [5.74, 6) is 5.03. The highest BCUT2D eigenvalue weighted by Crippen LogP contribution is 2.37. The van der Waals surface area contributed by atoms with Crippen LogP contribution in [-0.2, 0) is 0 Å². The van der Waals surface area contributed by atoms with Gasteiger partial charge in [-0.2, -0.15) is 0 Å². The van der Waals surface area contributed by atoms with Crippen LogP contribution in [0.3, 0.4) is 0 Å². The maximum Gasteiger partial charge on any atom is 0.162 e. The van der Waals surface area contributed by atoms with Crippen LogP contribution in [0.2, 0.25) is 35.2 Å². The van der Waals surface area contributed by atoms with Crippen molar-refractivity contribution < 1.29 is 24.1 Å². The molecule has 0 radical (unpaired) electrons. The Kier molecular flexibility index (Phi) is 62.3. The zero-order valence-corrected chi connectivity index (χ0v) is 98.6. The third-order valence-corrected chi connectivity index (χ3v) is 27.4. The van der Waals surface area contributed by atoms with Crippen LogP contribution in [0.25, 0.3) is 0 Å². The zero-order chi connectivity index (χ0) is 99.4. The van der Waals surface area contributed by atoms with Gasteiger partial charge >= 0.3 is 0 Å². The number of aryl methyl sites for hydroxylation is 1. The molecule has 3 nitrogen and oxygen atoms in total. The molecule has 0 bridgehead atoms. The topological polar surface area (TPSA) is 60.7 Å². The highest BCUT2D eigenvalue weighted by atomic mass is 79.9. The lowest BCUT2D eigenvalue weighted by Gasteiger charge is -2.08. The van der Waals surface area contributed by atoms with Crippen LogP contribution in [0.4, 0.5) is 8.78 Å². The molecule has 0 amide bonds. The first-order chi connectivity index (χ1) is 60.5. The Labute approximate surface area is 889 Å². The monoisotopic (exact) mass is 2480 g/mol. The lowest BCUT2D eigenvalue weighted by Crippen LogP contribution is -1.95. The average molecular weight is 2490 g/mol. The molecular weight excluding hydrogens is 2360 g/mol. The summed E-state index contributed by atoms with van der Waals surface area (Å²) in [7, 11) is 0. The van der Waals surface area contributed by atoms with E-state index in [0.29, 0.717) is 108 Å². The molecule has 0 unspecified atom stereocenters. The lowest BCUT2D eigenvalue weighted by molar-refractivity contribution is 0.464. The van der Waals surface area contributed by atoms with Gasteiger partial charge in [0.2, 0.25) is 0 Å². The lowest BCUT2D eigenvalue weighted by atomic mass is 10.0. The zero-order valence-electron chi connectivity index (χ0n) is 79.0. The first-order valence-corrected chi connectivity index (χ1v) is 52.7. The summed E-state index contributed by atoms with van der Waals surface area (Å²) in [5.41, 5.74) is 14.7. The van der Waals surface area contributed by atoms with Gasteiger partial charge in [-0.1, -0.05) is 449 Å². The summed E-state index contributed by atoms with van der Waals surface area (Å²) in [5, 5.41) is 33.1. The van der Waals surface area contributed by atoms with Crippen molar-refractivity contribution in [2.45, 2.75) is 244 Å². The number of aromatic hydroxyl groups is 3. The van der Waals surface area contributed by atoms with Crippen LogP contribution in [0.1, 0.15) is 310 Å². The molecule has 0 atom stereocenters. The van der Waals surface area contributed by atoms with Crippen molar-refractivity contribution in [1.29, 1.82) is 0 Å². The van der Waals surface area contributed by atoms with Crippen molar-refractivity contribution in [3.63, 3.8) is 0 Å². The molecule has 0 aliphatic rings. The van der Waals surface area contributed by atoms with Crippen molar-refractivity contribution in [2.75, 3.05) is 0 Å². The fraction of sp³-hybridized carbons (Fsp3) is 0.339. The minimum absolute atomic E-state index is 0.0331. The maximum atomic E-state index is 12.9. The van der Waals surface area contributed by atoms with Gasteiger partial charge in [-0.25, -0.2) is 8.78 Å². The number of hydrogen-bond acceptors (Lipinski definition) is 3. The normalized spacial score (nSPS) is 10.6. The Hall–Kier alpha value is -3.75. The van der Waals surface area contributed by atoms with Crippen LogP contribution in [0, 0.1) is 18.6 Å². The largest absolute Gasteiger partial charge is 0.508 e. The van der Waals surface area contributed by atoms with E-state index in [1.807, 2.05) is 113 Å². The molecule has 0 aliphatic heterocycles. The molecule has 0 saturated heterocycles. The predicted octanol–water partition coefficient (Wildman–Crippen LogP) is 44.9. The van der Waals surface area contributed by atoms with E-state index >= 15 is 0 Å². The van der Waals surface area contributed by atoms with E-state index in [1.165, 1.54) is 57.3 Å². The molecule has 0 aromatic heterocycles.